The third-order valence-corrected chi connectivity index (χ3v) is 6.61. The van der Waals surface area contributed by atoms with Gasteiger partial charge >= 0.3 is 6.18 Å². The Labute approximate surface area is 178 Å². The number of rotatable bonds is 7. The SMILES string of the molecule is CN(CC(=O)NCCc1ccc(C(F)(F)F)cc1)S(=O)(=O)c1ccc2ccccc2c1. The van der Waals surface area contributed by atoms with Crippen molar-refractivity contribution in [1.29, 1.82) is 0 Å². The molecule has 3 aromatic carbocycles. The van der Waals surface area contributed by atoms with Crippen LogP contribution >= 0.6 is 0 Å². The van der Waals surface area contributed by atoms with Crippen molar-refractivity contribution >= 4 is 26.7 Å². The van der Waals surface area contributed by atoms with Gasteiger partial charge in [0.05, 0.1) is 17.0 Å². The lowest BCUT2D eigenvalue weighted by atomic mass is 10.1. The molecule has 0 aliphatic heterocycles. The van der Waals surface area contributed by atoms with Crippen molar-refractivity contribution < 1.29 is 26.4 Å². The molecule has 0 bridgehead atoms. The molecule has 3 rings (SSSR count). The van der Waals surface area contributed by atoms with E-state index in [-0.39, 0.29) is 18.0 Å². The van der Waals surface area contributed by atoms with Crippen LogP contribution in [0.4, 0.5) is 13.2 Å². The molecule has 0 unspecified atom stereocenters. The Morgan fingerprint density at radius 3 is 2.26 bits per heavy atom. The predicted octanol–water partition coefficient (Wildman–Crippen LogP) is 3.84. The Balaban J connectivity index is 1.55. The van der Waals surface area contributed by atoms with Crippen LogP contribution in [0.2, 0.25) is 0 Å². The molecule has 31 heavy (non-hydrogen) atoms. The number of hydrogen-bond donors (Lipinski definition) is 1. The van der Waals surface area contributed by atoms with Crippen molar-refractivity contribution in [2.45, 2.75) is 17.5 Å². The quantitative estimate of drug-likeness (QED) is 0.595. The van der Waals surface area contributed by atoms with Gasteiger partial charge in [-0.25, -0.2) is 8.42 Å². The highest BCUT2D eigenvalue weighted by Crippen LogP contribution is 2.29. The minimum absolute atomic E-state index is 0.0891. The van der Waals surface area contributed by atoms with Crippen LogP contribution in [0.1, 0.15) is 11.1 Å². The summed E-state index contributed by atoms with van der Waals surface area (Å²) in [5.74, 6) is -0.501. The normalized spacial score (nSPS) is 12.3. The summed E-state index contributed by atoms with van der Waals surface area (Å²) >= 11 is 0. The average Bonchev–Trinajstić information content (AvgIpc) is 2.73. The maximum absolute atomic E-state index is 12.8. The molecule has 0 saturated heterocycles. The molecule has 5 nitrogen and oxygen atoms in total. The Bertz CT molecular complexity index is 1180. The number of alkyl halides is 3. The van der Waals surface area contributed by atoms with Crippen molar-refractivity contribution in [3.05, 3.63) is 77.9 Å². The van der Waals surface area contributed by atoms with Gasteiger partial charge in [-0.1, -0.05) is 42.5 Å². The zero-order valence-corrected chi connectivity index (χ0v) is 17.5. The average molecular weight is 450 g/mol. The van der Waals surface area contributed by atoms with E-state index in [1.54, 1.807) is 12.1 Å². The summed E-state index contributed by atoms with van der Waals surface area (Å²) < 4.78 is 64.3. The number of likely N-dealkylation sites (N-methyl/N-ethyl adjacent to an activating group) is 1. The Hall–Kier alpha value is -2.91. The molecule has 1 amide bonds. The third-order valence-electron chi connectivity index (χ3n) is 4.81. The molecule has 0 aliphatic carbocycles. The van der Waals surface area contributed by atoms with Gasteiger partial charge in [-0.2, -0.15) is 17.5 Å². The lowest BCUT2D eigenvalue weighted by Crippen LogP contribution is -2.39. The fourth-order valence-corrected chi connectivity index (χ4v) is 4.22. The molecule has 0 radical (unpaired) electrons. The second-order valence-electron chi connectivity index (χ2n) is 7.06. The molecule has 164 valence electrons. The van der Waals surface area contributed by atoms with Gasteiger partial charge in [0.1, 0.15) is 0 Å². The minimum Gasteiger partial charge on any atom is -0.355 e. The number of amides is 1. The van der Waals surface area contributed by atoms with E-state index in [0.29, 0.717) is 12.0 Å². The molecule has 3 aromatic rings. The first kappa shape index (κ1) is 22.8. The smallest absolute Gasteiger partial charge is 0.355 e. The number of carbonyl (C=O) groups is 1. The van der Waals surface area contributed by atoms with Gasteiger partial charge in [-0.3, -0.25) is 4.79 Å². The largest absolute Gasteiger partial charge is 0.416 e. The first-order valence-electron chi connectivity index (χ1n) is 9.45. The van der Waals surface area contributed by atoms with Crippen LogP contribution < -0.4 is 5.32 Å². The molecule has 0 atom stereocenters. The third kappa shape index (κ3) is 5.62. The highest BCUT2D eigenvalue weighted by Gasteiger charge is 2.29. The molecule has 0 heterocycles. The van der Waals surface area contributed by atoms with E-state index in [1.807, 2.05) is 24.3 Å². The first-order chi connectivity index (χ1) is 14.6. The van der Waals surface area contributed by atoms with Crippen LogP contribution in [0.5, 0.6) is 0 Å². The van der Waals surface area contributed by atoms with E-state index in [1.165, 1.54) is 25.2 Å². The first-order valence-corrected chi connectivity index (χ1v) is 10.9. The lowest BCUT2D eigenvalue weighted by Gasteiger charge is -2.17. The van der Waals surface area contributed by atoms with Crippen LogP contribution in [-0.4, -0.2) is 38.8 Å². The maximum atomic E-state index is 12.8. The number of nitrogens with zero attached hydrogens (tertiary/aromatic N) is 1. The van der Waals surface area contributed by atoms with E-state index < -0.39 is 27.7 Å². The number of nitrogens with one attached hydrogen (secondary N) is 1. The van der Waals surface area contributed by atoms with E-state index in [9.17, 15) is 26.4 Å². The predicted molar refractivity (Wildman–Crippen MR) is 112 cm³/mol. The fraction of sp³-hybridized carbons (Fsp3) is 0.227. The summed E-state index contributed by atoms with van der Waals surface area (Å²) in [5, 5.41) is 4.28. The highest BCUT2D eigenvalue weighted by atomic mass is 32.2. The maximum Gasteiger partial charge on any atom is 0.416 e. The molecule has 0 spiro atoms. The molecule has 0 aromatic heterocycles. The Morgan fingerprint density at radius 1 is 0.968 bits per heavy atom. The van der Waals surface area contributed by atoms with Crippen molar-refractivity contribution in [3.63, 3.8) is 0 Å². The topological polar surface area (TPSA) is 66.5 Å². The Morgan fingerprint density at radius 2 is 1.61 bits per heavy atom. The second kappa shape index (κ2) is 9.07. The van der Waals surface area contributed by atoms with E-state index in [4.69, 9.17) is 0 Å². The van der Waals surface area contributed by atoms with Gasteiger partial charge in [0.15, 0.2) is 0 Å². The number of carbonyl (C=O) groups excluding carboxylic acids is 1. The van der Waals surface area contributed by atoms with Crippen molar-refractivity contribution in [2.75, 3.05) is 20.1 Å². The van der Waals surface area contributed by atoms with Gasteiger partial charge in [0.25, 0.3) is 0 Å². The number of hydrogen-bond acceptors (Lipinski definition) is 3. The van der Waals surface area contributed by atoms with E-state index in [0.717, 1.165) is 27.2 Å². The summed E-state index contributed by atoms with van der Waals surface area (Å²) in [4.78, 5) is 12.2. The van der Waals surface area contributed by atoms with Crippen LogP contribution in [0.3, 0.4) is 0 Å². The summed E-state index contributed by atoms with van der Waals surface area (Å²) in [6, 6.07) is 16.8. The summed E-state index contributed by atoms with van der Waals surface area (Å²) in [6.45, 7) is -0.198. The van der Waals surface area contributed by atoms with Gasteiger partial charge in [0, 0.05) is 13.6 Å². The summed E-state index contributed by atoms with van der Waals surface area (Å²) in [6.07, 6.45) is -4.07. The van der Waals surface area contributed by atoms with Gasteiger partial charge in [0.2, 0.25) is 15.9 Å². The molecule has 1 N–H and O–H groups in total. The van der Waals surface area contributed by atoms with Gasteiger partial charge in [-0.05, 0) is 47.0 Å². The number of fused-ring (bicyclic) bond motifs is 1. The Kier molecular flexibility index (Phi) is 6.66. The van der Waals surface area contributed by atoms with Gasteiger partial charge < -0.3 is 5.32 Å². The second-order valence-corrected chi connectivity index (χ2v) is 9.11. The van der Waals surface area contributed by atoms with Crippen molar-refractivity contribution in [3.8, 4) is 0 Å². The summed E-state index contributed by atoms with van der Waals surface area (Å²) in [5.41, 5.74) is -0.105. The summed E-state index contributed by atoms with van der Waals surface area (Å²) in [7, 11) is -2.54. The van der Waals surface area contributed by atoms with E-state index >= 15 is 0 Å². The molecule has 9 heteroatoms. The van der Waals surface area contributed by atoms with E-state index in [2.05, 4.69) is 5.32 Å². The number of sulfonamides is 1. The van der Waals surface area contributed by atoms with Crippen LogP contribution in [0, 0.1) is 0 Å². The van der Waals surface area contributed by atoms with Crippen molar-refractivity contribution in [2.24, 2.45) is 0 Å². The monoisotopic (exact) mass is 450 g/mol. The lowest BCUT2D eigenvalue weighted by molar-refractivity contribution is -0.137. The standard InChI is InChI=1S/C22H21F3N2O3S/c1-27(31(29,30)20-11-8-17-4-2-3-5-18(17)14-20)15-21(28)26-13-12-16-6-9-19(10-7-16)22(23,24)25/h2-11,14H,12-13,15H2,1H3,(H,26,28). The number of halogens is 3. The van der Waals surface area contributed by atoms with Crippen molar-refractivity contribution in [1.82, 2.24) is 9.62 Å². The van der Waals surface area contributed by atoms with Gasteiger partial charge in [-0.15, -0.1) is 0 Å². The molecule has 0 saturated carbocycles. The molecule has 0 aliphatic rings. The fourth-order valence-electron chi connectivity index (χ4n) is 3.06. The zero-order valence-electron chi connectivity index (χ0n) is 16.7. The minimum atomic E-state index is -4.39. The number of benzene rings is 3. The molecular formula is C22H21F3N2O3S. The highest BCUT2D eigenvalue weighted by molar-refractivity contribution is 7.89. The van der Waals surface area contributed by atoms with Crippen LogP contribution in [-0.2, 0) is 27.4 Å². The van der Waals surface area contributed by atoms with Crippen LogP contribution in [0.25, 0.3) is 10.8 Å². The molecular weight excluding hydrogens is 429 g/mol. The molecule has 0 fully saturated rings. The zero-order chi connectivity index (χ0) is 22.6. The van der Waals surface area contributed by atoms with Crippen LogP contribution in [0.15, 0.2) is 71.6 Å².